The number of rotatable bonds is 1. The number of phenolic OH excluding ortho intramolecular Hbond substituents is 1. The van der Waals surface area contributed by atoms with E-state index in [1.807, 2.05) is 13.0 Å². The highest BCUT2D eigenvalue weighted by molar-refractivity contribution is 7.80. The average Bonchev–Trinajstić information content (AvgIpc) is 2.04. The van der Waals surface area contributed by atoms with Gasteiger partial charge in [0.05, 0.1) is 5.56 Å². The van der Waals surface area contributed by atoms with Crippen LogP contribution in [0.15, 0.2) is 18.2 Å². The Morgan fingerprint density at radius 3 is 2.75 bits per heavy atom. The summed E-state index contributed by atoms with van der Waals surface area (Å²) in [5.74, 6) is 0.0440. The van der Waals surface area contributed by atoms with Crippen molar-refractivity contribution in [3.05, 3.63) is 29.3 Å². The highest BCUT2D eigenvalue weighted by atomic mass is 32.1. The number of aromatic hydroxyl groups is 1. The van der Waals surface area contributed by atoms with Gasteiger partial charge in [0.15, 0.2) is 0 Å². The SMILES string of the molecule is CC(S)c1cccc(C#N)c1O. The molecule has 1 unspecified atom stereocenters. The lowest BCUT2D eigenvalue weighted by Gasteiger charge is -2.07. The van der Waals surface area contributed by atoms with Gasteiger partial charge in [-0.25, -0.2) is 0 Å². The molecule has 0 aromatic heterocycles. The van der Waals surface area contributed by atoms with Crippen LogP contribution in [-0.4, -0.2) is 5.11 Å². The summed E-state index contributed by atoms with van der Waals surface area (Å²) in [6, 6.07) is 6.98. The second-order valence-electron chi connectivity index (χ2n) is 2.53. The first-order valence-electron chi connectivity index (χ1n) is 3.57. The van der Waals surface area contributed by atoms with E-state index in [-0.39, 0.29) is 11.0 Å². The Labute approximate surface area is 76.9 Å². The molecule has 1 aromatic rings. The van der Waals surface area contributed by atoms with Gasteiger partial charge in [0.2, 0.25) is 0 Å². The Hall–Kier alpha value is -1.14. The summed E-state index contributed by atoms with van der Waals surface area (Å²) in [5, 5.41) is 18.0. The maximum atomic E-state index is 9.49. The van der Waals surface area contributed by atoms with E-state index in [1.54, 1.807) is 18.2 Å². The molecule has 0 aliphatic rings. The van der Waals surface area contributed by atoms with Gasteiger partial charge in [-0.2, -0.15) is 17.9 Å². The highest BCUT2D eigenvalue weighted by Crippen LogP contribution is 2.30. The van der Waals surface area contributed by atoms with Crippen LogP contribution in [0, 0.1) is 11.3 Å². The van der Waals surface area contributed by atoms with E-state index in [0.29, 0.717) is 11.1 Å². The predicted octanol–water partition coefficient (Wildman–Crippen LogP) is 2.25. The van der Waals surface area contributed by atoms with E-state index in [2.05, 4.69) is 12.6 Å². The predicted molar refractivity (Wildman–Crippen MR) is 50.2 cm³/mol. The van der Waals surface area contributed by atoms with E-state index < -0.39 is 0 Å². The molecule has 0 aliphatic carbocycles. The Kier molecular flexibility index (Phi) is 2.61. The van der Waals surface area contributed by atoms with Crippen LogP contribution in [0.2, 0.25) is 0 Å². The third-order valence-corrected chi connectivity index (χ3v) is 1.92. The number of nitrogens with zero attached hydrogens (tertiary/aromatic N) is 1. The van der Waals surface area contributed by atoms with Crippen molar-refractivity contribution in [1.29, 1.82) is 5.26 Å². The first-order valence-corrected chi connectivity index (χ1v) is 4.08. The molecule has 0 radical (unpaired) electrons. The van der Waals surface area contributed by atoms with Crippen LogP contribution in [0.1, 0.15) is 23.3 Å². The standard InChI is InChI=1S/C9H9NOS/c1-6(12)8-4-2-3-7(5-10)9(8)11/h2-4,6,11-12H,1H3. The lowest BCUT2D eigenvalue weighted by atomic mass is 10.1. The molecule has 0 saturated heterocycles. The topological polar surface area (TPSA) is 44.0 Å². The number of benzene rings is 1. The minimum Gasteiger partial charge on any atom is -0.506 e. The van der Waals surface area contributed by atoms with Crippen molar-refractivity contribution in [3.63, 3.8) is 0 Å². The molecule has 1 atom stereocenters. The van der Waals surface area contributed by atoms with E-state index in [0.717, 1.165) is 0 Å². The quantitative estimate of drug-likeness (QED) is 0.649. The van der Waals surface area contributed by atoms with E-state index >= 15 is 0 Å². The number of para-hydroxylation sites is 1. The van der Waals surface area contributed by atoms with E-state index in [9.17, 15) is 5.11 Å². The van der Waals surface area contributed by atoms with Crippen LogP contribution in [-0.2, 0) is 0 Å². The summed E-state index contributed by atoms with van der Waals surface area (Å²) in [5.41, 5.74) is 0.991. The van der Waals surface area contributed by atoms with Crippen molar-refractivity contribution in [1.82, 2.24) is 0 Å². The number of hydrogen-bond acceptors (Lipinski definition) is 3. The number of thiol groups is 1. The minimum atomic E-state index is -0.0571. The van der Waals surface area contributed by atoms with Gasteiger partial charge < -0.3 is 5.11 Å². The smallest absolute Gasteiger partial charge is 0.137 e. The van der Waals surface area contributed by atoms with Crippen LogP contribution in [0.5, 0.6) is 5.75 Å². The average molecular weight is 179 g/mol. The Morgan fingerprint density at radius 2 is 2.25 bits per heavy atom. The van der Waals surface area contributed by atoms with Gasteiger partial charge in [-0.05, 0) is 13.0 Å². The molecule has 0 spiro atoms. The molecule has 12 heavy (non-hydrogen) atoms. The summed E-state index contributed by atoms with van der Waals surface area (Å²) < 4.78 is 0. The third kappa shape index (κ3) is 1.54. The largest absolute Gasteiger partial charge is 0.506 e. The summed E-state index contributed by atoms with van der Waals surface area (Å²) in [6.45, 7) is 1.85. The van der Waals surface area contributed by atoms with Crippen LogP contribution in [0.3, 0.4) is 0 Å². The third-order valence-electron chi connectivity index (χ3n) is 1.64. The van der Waals surface area contributed by atoms with Gasteiger partial charge in [0.25, 0.3) is 0 Å². The van der Waals surface area contributed by atoms with Crippen LogP contribution in [0.25, 0.3) is 0 Å². The van der Waals surface area contributed by atoms with Crippen molar-refractivity contribution in [2.24, 2.45) is 0 Å². The molecule has 1 rings (SSSR count). The van der Waals surface area contributed by atoms with E-state index in [1.165, 1.54) is 0 Å². The molecule has 1 aromatic carbocycles. The van der Waals surface area contributed by atoms with Crippen LogP contribution < -0.4 is 0 Å². The van der Waals surface area contributed by atoms with Crippen molar-refractivity contribution in [2.75, 3.05) is 0 Å². The molecule has 0 heterocycles. The van der Waals surface area contributed by atoms with Crippen LogP contribution >= 0.6 is 12.6 Å². The molecular weight excluding hydrogens is 170 g/mol. The van der Waals surface area contributed by atoms with Crippen molar-refractivity contribution in [2.45, 2.75) is 12.2 Å². The Morgan fingerprint density at radius 1 is 1.58 bits per heavy atom. The van der Waals surface area contributed by atoms with Gasteiger partial charge >= 0.3 is 0 Å². The second-order valence-corrected chi connectivity index (χ2v) is 3.31. The molecule has 62 valence electrons. The fourth-order valence-electron chi connectivity index (χ4n) is 0.989. The molecule has 1 N–H and O–H groups in total. The highest BCUT2D eigenvalue weighted by Gasteiger charge is 2.09. The summed E-state index contributed by atoms with van der Waals surface area (Å²) in [4.78, 5) is 0. The summed E-state index contributed by atoms with van der Waals surface area (Å²) >= 11 is 4.17. The van der Waals surface area contributed by atoms with Gasteiger partial charge in [-0.1, -0.05) is 12.1 Å². The monoisotopic (exact) mass is 179 g/mol. The zero-order valence-electron chi connectivity index (χ0n) is 6.65. The Bertz CT molecular complexity index is 328. The molecule has 0 amide bonds. The van der Waals surface area contributed by atoms with Crippen molar-refractivity contribution >= 4 is 12.6 Å². The van der Waals surface area contributed by atoms with Gasteiger partial charge in [-0.15, -0.1) is 0 Å². The van der Waals surface area contributed by atoms with Crippen molar-refractivity contribution in [3.8, 4) is 11.8 Å². The molecule has 0 aliphatic heterocycles. The minimum absolute atomic E-state index is 0.0440. The lowest BCUT2D eigenvalue weighted by molar-refractivity contribution is 0.467. The first kappa shape index (κ1) is 8.95. The molecule has 0 fully saturated rings. The van der Waals surface area contributed by atoms with Gasteiger partial charge in [0.1, 0.15) is 11.8 Å². The van der Waals surface area contributed by atoms with Crippen molar-refractivity contribution < 1.29 is 5.11 Å². The zero-order valence-corrected chi connectivity index (χ0v) is 7.55. The fourth-order valence-corrected chi connectivity index (χ4v) is 1.20. The molecule has 0 bridgehead atoms. The van der Waals surface area contributed by atoms with Crippen LogP contribution in [0.4, 0.5) is 0 Å². The normalized spacial score (nSPS) is 12.1. The van der Waals surface area contributed by atoms with Gasteiger partial charge in [-0.3, -0.25) is 0 Å². The fraction of sp³-hybridized carbons (Fsp3) is 0.222. The molecular formula is C9H9NOS. The summed E-state index contributed by atoms with van der Waals surface area (Å²) in [6.07, 6.45) is 0. The number of hydrogen-bond donors (Lipinski definition) is 2. The van der Waals surface area contributed by atoms with Gasteiger partial charge in [0, 0.05) is 10.8 Å². The lowest BCUT2D eigenvalue weighted by Crippen LogP contribution is -1.87. The Balaban J connectivity index is 3.25. The zero-order chi connectivity index (χ0) is 9.14. The first-order chi connectivity index (χ1) is 5.66. The second kappa shape index (κ2) is 3.51. The molecule has 0 saturated carbocycles. The molecule has 3 heteroatoms. The maximum Gasteiger partial charge on any atom is 0.137 e. The molecule has 2 nitrogen and oxygen atoms in total. The number of phenols is 1. The number of nitriles is 1. The van der Waals surface area contributed by atoms with E-state index in [4.69, 9.17) is 5.26 Å². The summed E-state index contributed by atoms with van der Waals surface area (Å²) in [7, 11) is 0. The maximum absolute atomic E-state index is 9.49.